The smallest absolute Gasteiger partial charge is 0.323 e. The number of hydrogen-bond acceptors (Lipinski definition) is 5. The molecule has 1 unspecified atom stereocenters. The Labute approximate surface area is 120 Å². The topological polar surface area (TPSA) is 56.8 Å². The van der Waals surface area contributed by atoms with Gasteiger partial charge in [-0.3, -0.25) is 10.1 Å². The van der Waals surface area contributed by atoms with Gasteiger partial charge in [0.25, 0.3) is 0 Å². The van der Waals surface area contributed by atoms with Crippen LogP contribution in [-0.2, 0) is 16.1 Å². The van der Waals surface area contributed by atoms with Crippen LogP contribution in [0.15, 0.2) is 18.2 Å². The highest BCUT2D eigenvalue weighted by atomic mass is 16.5. The predicted octanol–water partition coefficient (Wildman–Crippen LogP) is 1.99. The molecule has 0 fully saturated rings. The van der Waals surface area contributed by atoms with Crippen LogP contribution in [0.25, 0.3) is 0 Å². The zero-order chi connectivity index (χ0) is 15.1. The summed E-state index contributed by atoms with van der Waals surface area (Å²) in [5.41, 5.74) is 0.932. The highest BCUT2D eigenvalue weighted by Crippen LogP contribution is 2.24. The predicted molar refractivity (Wildman–Crippen MR) is 77.0 cm³/mol. The first-order valence-corrected chi connectivity index (χ1v) is 6.55. The molecule has 0 aliphatic carbocycles. The van der Waals surface area contributed by atoms with Gasteiger partial charge in [0.05, 0.1) is 21.3 Å². The van der Waals surface area contributed by atoms with Crippen molar-refractivity contribution in [2.24, 2.45) is 5.92 Å². The van der Waals surface area contributed by atoms with Crippen LogP contribution in [0.1, 0.15) is 19.4 Å². The van der Waals surface area contributed by atoms with Crippen molar-refractivity contribution in [1.82, 2.24) is 5.32 Å². The maximum Gasteiger partial charge on any atom is 0.323 e. The Morgan fingerprint density at radius 1 is 1.20 bits per heavy atom. The molecule has 1 N–H and O–H groups in total. The zero-order valence-corrected chi connectivity index (χ0v) is 12.7. The minimum Gasteiger partial charge on any atom is -0.497 e. The molecule has 0 aliphatic rings. The molecule has 0 aromatic heterocycles. The van der Waals surface area contributed by atoms with Gasteiger partial charge < -0.3 is 14.2 Å². The van der Waals surface area contributed by atoms with E-state index in [1.807, 2.05) is 32.0 Å². The van der Waals surface area contributed by atoms with Crippen LogP contribution >= 0.6 is 0 Å². The molecule has 0 amide bonds. The Morgan fingerprint density at radius 2 is 1.90 bits per heavy atom. The van der Waals surface area contributed by atoms with Gasteiger partial charge in [0.15, 0.2) is 0 Å². The molecule has 0 heterocycles. The second-order valence-corrected chi connectivity index (χ2v) is 4.80. The molecular weight excluding hydrogens is 258 g/mol. The van der Waals surface area contributed by atoms with E-state index in [1.165, 1.54) is 7.11 Å². The number of ether oxygens (including phenoxy) is 3. The zero-order valence-electron chi connectivity index (χ0n) is 12.7. The lowest BCUT2D eigenvalue weighted by atomic mass is 10.0. The average Bonchev–Trinajstić information content (AvgIpc) is 2.46. The fraction of sp³-hybridized carbons (Fsp3) is 0.533. The molecule has 0 bridgehead atoms. The van der Waals surface area contributed by atoms with Gasteiger partial charge in [-0.25, -0.2) is 0 Å². The summed E-state index contributed by atoms with van der Waals surface area (Å²) in [7, 11) is 4.63. The second kappa shape index (κ2) is 7.75. The standard InChI is InChI=1S/C15H23NO4/c1-10(2)14(15(17)20-5)16-9-11-8-12(18-3)6-7-13(11)19-4/h6-8,10,14,16H,9H2,1-5H3. The molecule has 0 radical (unpaired) electrons. The van der Waals surface area contributed by atoms with E-state index >= 15 is 0 Å². The van der Waals surface area contributed by atoms with Crippen LogP contribution in [0.2, 0.25) is 0 Å². The first-order valence-electron chi connectivity index (χ1n) is 6.55. The largest absolute Gasteiger partial charge is 0.497 e. The summed E-state index contributed by atoms with van der Waals surface area (Å²) in [6, 6.07) is 5.22. The molecule has 0 spiro atoms. The number of benzene rings is 1. The van der Waals surface area contributed by atoms with Crippen LogP contribution in [0.4, 0.5) is 0 Å². The van der Waals surface area contributed by atoms with Gasteiger partial charge in [-0.05, 0) is 24.1 Å². The van der Waals surface area contributed by atoms with Gasteiger partial charge in [-0.1, -0.05) is 13.8 Å². The van der Waals surface area contributed by atoms with Gasteiger partial charge in [-0.15, -0.1) is 0 Å². The number of rotatable bonds is 7. The van der Waals surface area contributed by atoms with E-state index in [0.29, 0.717) is 6.54 Å². The summed E-state index contributed by atoms with van der Waals surface area (Å²) in [4.78, 5) is 11.7. The van der Waals surface area contributed by atoms with Crippen LogP contribution in [0, 0.1) is 5.92 Å². The van der Waals surface area contributed by atoms with Gasteiger partial charge in [0.2, 0.25) is 0 Å². The van der Waals surface area contributed by atoms with Crippen molar-refractivity contribution in [3.63, 3.8) is 0 Å². The van der Waals surface area contributed by atoms with E-state index in [-0.39, 0.29) is 17.9 Å². The normalized spacial score (nSPS) is 12.1. The molecule has 0 aliphatic heterocycles. The van der Waals surface area contributed by atoms with E-state index in [2.05, 4.69) is 5.32 Å². The Morgan fingerprint density at radius 3 is 2.40 bits per heavy atom. The highest BCUT2D eigenvalue weighted by molar-refractivity contribution is 5.75. The maximum atomic E-state index is 11.7. The number of nitrogens with one attached hydrogen (secondary N) is 1. The molecule has 5 heteroatoms. The lowest BCUT2D eigenvalue weighted by molar-refractivity contribution is -0.144. The van der Waals surface area contributed by atoms with Crippen LogP contribution in [0.5, 0.6) is 11.5 Å². The first-order chi connectivity index (χ1) is 9.53. The molecule has 1 aromatic rings. The van der Waals surface area contributed by atoms with E-state index in [0.717, 1.165) is 17.1 Å². The van der Waals surface area contributed by atoms with Crippen molar-refractivity contribution in [2.45, 2.75) is 26.4 Å². The molecule has 1 aromatic carbocycles. The molecule has 20 heavy (non-hydrogen) atoms. The van der Waals surface area contributed by atoms with Crippen molar-refractivity contribution in [3.8, 4) is 11.5 Å². The molecule has 112 valence electrons. The van der Waals surface area contributed by atoms with Crippen molar-refractivity contribution < 1.29 is 19.0 Å². The molecule has 1 atom stereocenters. The maximum absolute atomic E-state index is 11.7. The molecular formula is C15H23NO4. The van der Waals surface area contributed by atoms with E-state index in [1.54, 1.807) is 14.2 Å². The Kier molecular flexibility index (Phi) is 6.31. The van der Waals surface area contributed by atoms with Crippen molar-refractivity contribution in [1.29, 1.82) is 0 Å². The van der Waals surface area contributed by atoms with E-state index in [4.69, 9.17) is 14.2 Å². The number of hydrogen-bond donors (Lipinski definition) is 1. The minimum absolute atomic E-state index is 0.138. The number of carbonyl (C=O) groups is 1. The fourth-order valence-electron chi connectivity index (χ4n) is 1.96. The van der Waals surface area contributed by atoms with Gasteiger partial charge >= 0.3 is 5.97 Å². The molecule has 0 saturated carbocycles. The Balaban J connectivity index is 2.83. The van der Waals surface area contributed by atoms with Crippen LogP contribution < -0.4 is 14.8 Å². The highest BCUT2D eigenvalue weighted by Gasteiger charge is 2.22. The van der Waals surface area contributed by atoms with Gasteiger partial charge in [0, 0.05) is 12.1 Å². The fourth-order valence-corrected chi connectivity index (χ4v) is 1.96. The van der Waals surface area contributed by atoms with Crippen molar-refractivity contribution in [3.05, 3.63) is 23.8 Å². The average molecular weight is 281 g/mol. The van der Waals surface area contributed by atoms with Gasteiger partial charge in [0.1, 0.15) is 17.5 Å². The SMILES string of the molecule is COC(=O)C(NCc1cc(OC)ccc1OC)C(C)C. The third-order valence-corrected chi connectivity index (χ3v) is 3.12. The lowest BCUT2D eigenvalue weighted by Crippen LogP contribution is -2.41. The summed E-state index contributed by atoms with van der Waals surface area (Å²) in [5.74, 6) is 1.38. The number of carbonyl (C=O) groups excluding carboxylic acids is 1. The third-order valence-electron chi connectivity index (χ3n) is 3.12. The van der Waals surface area contributed by atoms with E-state index in [9.17, 15) is 4.79 Å². The first kappa shape index (κ1) is 16.3. The van der Waals surface area contributed by atoms with E-state index < -0.39 is 0 Å². The van der Waals surface area contributed by atoms with Crippen molar-refractivity contribution in [2.75, 3.05) is 21.3 Å². The summed E-state index contributed by atoms with van der Waals surface area (Å²) in [6.45, 7) is 4.44. The number of methoxy groups -OCH3 is 3. The summed E-state index contributed by atoms with van der Waals surface area (Å²) >= 11 is 0. The summed E-state index contributed by atoms with van der Waals surface area (Å²) in [6.07, 6.45) is 0. The third kappa shape index (κ3) is 4.13. The number of esters is 1. The summed E-state index contributed by atoms with van der Waals surface area (Å²) < 4.78 is 15.3. The van der Waals surface area contributed by atoms with Crippen molar-refractivity contribution >= 4 is 5.97 Å². The quantitative estimate of drug-likeness (QED) is 0.775. The lowest BCUT2D eigenvalue weighted by Gasteiger charge is -2.20. The van der Waals surface area contributed by atoms with Crippen LogP contribution in [0.3, 0.4) is 0 Å². The van der Waals surface area contributed by atoms with Crippen LogP contribution in [-0.4, -0.2) is 33.3 Å². The molecule has 5 nitrogen and oxygen atoms in total. The summed E-state index contributed by atoms with van der Waals surface area (Å²) in [5, 5.41) is 3.20. The monoisotopic (exact) mass is 281 g/mol. The second-order valence-electron chi connectivity index (χ2n) is 4.80. The Hall–Kier alpha value is -1.75. The Bertz CT molecular complexity index is 445. The minimum atomic E-state index is -0.351. The molecule has 1 rings (SSSR count). The van der Waals surface area contributed by atoms with Gasteiger partial charge in [-0.2, -0.15) is 0 Å². The molecule has 0 saturated heterocycles.